The monoisotopic (exact) mass is 341 g/mol. The first-order valence-electron chi connectivity index (χ1n) is 7.34. The highest BCUT2D eigenvalue weighted by molar-refractivity contribution is 6.27. The van der Waals surface area contributed by atoms with E-state index in [2.05, 4.69) is 5.32 Å². The molecule has 0 bridgehead atoms. The minimum absolute atomic E-state index is 0.0281. The van der Waals surface area contributed by atoms with Crippen LogP contribution in [0.1, 0.15) is 25.3 Å². The fourth-order valence-electron chi connectivity index (χ4n) is 2.26. The SMILES string of the molecule is CC(=O)C1(OCc2ccccc2F)CCNCC1.O=C(O)C(=O)O. The standard InChI is InChI=1S/C14H18FNO2.C2H2O4/c1-11(17)14(6-8-16-9-7-14)18-10-12-4-2-3-5-13(12)15;3-1(4)2(5)6/h2-5,16H,6-10H2,1H3;(H,3,4)(H,5,6). The molecular weight excluding hydrogens is 321 g/mol. The lowest BCUT2D eigenvalue weighted by Crippen LogP contribution is -2.48. The van der Waals surface area contributed by atoms with Crippen LogP contribution in [-0.4, -0.2) is 46.6 Å². The van der Waals surface area contributed by atoms with Gasteiger partial charge in [-0.05, 0) is 38.9 Å². The molecule has 1 aromatic carbocycles. The van der Waals surface area contributed by atoms with Crippen molar-refractivity contribution in [1.29, 1.82) is 0 Å². The number of carbonyl (C=O) groups is 3. The molecule has 8 heteroatoms. The largest absolute Gasteiger partial charge is 0.473 e. The maximum absolute atomic E-state index is 13.5. The Morgan fingerprint density at radius 3 is 2.17 bits per heavy atom. The van der Waals surface area contributed by atoms with Crippen LogP contribution >= 0.6 is 0 Å². The Kier molecular flexibility index (Phi) is 7.47. The Balaban J connectivity index is 0.000000413. The summed E-state index contributed by atoms with van der Waals surface area (Å²) >= 11 is 0. The summed E-state index contributed by atoms with van der Waals surface area (Å²) in [5, 5.41) is 18.0. The van der Waals surface area contributed by atoms with Gasteiger partial charge in [0, 0.05) is 5.56 Å². The molecule has 0 unspecified atom stereocenters. The average molecular weight is 341 g/mol. The van der Waals surface area contributed by atoms with Crippen LogP contribution in [0.5, 0.6) is 0 Å². The number of ether oxygens (including phenoxy) is 1. The van der Waals surface area contributed by atoms with E-state index in [0.29, 0.717) is 18.4 Å². The molecule has 1 saturated heterocycles. The van der Waals surface area contributed by atoms with Crippen LogP contribution in [0.2, 0.25) is 0 Å². The third-order valence-corrected chi connectivity index (χ3v) is 3.70. The predicted octanol–water partition coefficient (Wildman–Crippen LogP) is 1.21. The first-order chi connectivity index (χ1) is 11.3. The van der Waals surface area contributed by atoms with Crippen molar-refractivity contribution in [2.24, 2.45) is 0 Å². The van der Waals surface area contributed by atoms with Crippen molar-refractivity contribution in [3.8, 4) is 0 Å². The molecule has 0 aromatic heterocycles. The molecule has 0 aliphatic carbocycles. The molecule has 0 saturated carbocycles. The van der Waals surface area contributed by atoms with Crippen molar-refractivity contribution in [3.05, 3.63) is 35.6 Å². The number of carboxylic acid groups (broad SMARTS) is 2. The molecule has 2 rings (SSSR count). The van der Waals surface area contributed by atoms with Crippen LogP contribution in [0, 0.1) is 5.82 Å². The first-order valence-corrected chi connectivity index (χ1v) is 7.34. The molecule has 7 nitrogen and oxygen atoms in total. The number of ketones is 1. The number of halogens is 1. The highest BCUT2D eigenvalue weighted by Gasteiger charge is 2.37. The maximum atomic E-state index is 13.5. The highest BCUT2D eigenvalue weighted by atomic mass is 19.1. The topological polar surface area (TPSA) is 113 Å². The van der Waals surface area contributed by atoms with Crippen LogP contribution in [0.15, 0.2) is 24.3 Å². The van der Waals surface area contributed by atoms with Gasteiger partial charge in [0.05, 0.1) is 6.61 Å². The number of carboxylic acids is 2. The van der Waals surface area contributed by atoms with Gasteiger partial charge in [-0.3, -0.25) is 4.79 Å². The van der Waals surface area contributed by atoms with Crippen molar-refractivity contribution in [1.82, 2.24) is 5.32 Å². The summed E-state index contributed by atoms with van der Waals surface area (Å²) in [6.45, 7) is 3.21. The number of nitrogens with one attached hydrogen (secondary N) is 1. The number of hydrogen-bond acceptors (Lipinski definition) is 5. The van der Waals surface area contributed by atoms with E-state index in [1.807, 2.05) is 0 Å². The quantitative estimate of drug-likeness (QED) is 0.706. The fraction of sp³-hybridized carbons (Fsp3) is 0.438. The Labute approximate surface area is 138 Å². The summed E-state index contributed by atoms with van der Waals surface area (Å²) in [4.78, 5) is 30.0. The predicted molar refractivity (Wildman–Crippen MR) is 82.0 cm³/mol. The van der Waals surface area contributed by atoms with E-state index in [-0.39, 0.29) is 18.2 Å². The van der Waals surface area contributed by atoms with Crippen LogP contribution in [0.3, 0.4) is 0 Å². The molecule has 0 atom stereocenters. The zero-order valence-electron chi connectivity index (χ0n) is 13.3. The molecular formula is C16H20FNO6. The summed E-state index contributed by atoms with van der Waals surface area (Å²) in [6, 6.07) is 6.50. The minimum Gasteiger partial charge on any atom is -0.473 e. The highest BCUT2D eigenvalue weighted by Crippen LogP contribution is 2.26. The summed E-state index contributed by atoms with van der Waals surface area (Å²) in [7, 11) is 0. The van der Waals surface area contributed by atoms with E-state index >= 15 is 0 Å². The van der Waals surface area contributed by atoms with Crippen LogP contribution in [0.25, 0.3) is 0 Å². The van der Waals surface area contributed by atoms with Crippen molar-refractivity contribution in [2.75, 3.05) is 13.1 Å². The van der Waals surface area contributed by atoms with E-state index in [1.165, 1.54) is 6.07 Å². The molecule has 1 heterocycles. The van der Waals surface area contributed by atoms with Crippen molar-refractivity contribution in [2.45, 2.75) is 32.0 Å². The third-order valence-electron chi connectivity index (χ3n) is 3.70. The summed E-state index contributed by atoms with van der Waals surface area (Å²) in [6.07, 6.45) is 1.30. The molecule has 1 aliphatic heterocycles. The van der Waals surface area contributed by atoms with Gasteiger partial charge in [0.15, 0.2) is 5.78 Å². The normalized spacial score (nSPS) is 15.8. The van der Waals surface area contributed by atoms with Gasteiger partial charge in [-0.15, -0.1) is 0 Å². The molecule has 0 amide bonds. The zero-order valence-corrected chi connectivity index (χ0v) is 13.3. The zero-order chi connectivity index (χ0) is 18.2. The maximum Gasteiger partial charge on any atom is 0.414 e. The average Bonchev–Trinajstić information content (AvgIpc) is 2.55. The second-order valence-electron chi connectivity index (χ2n) is 5.29. The van der Waals surface area contributed by atoms with Gasteiger partial charge in [0.1, 0.15) is 11.4 Å². The molecule has 0 spiro atoms. The number of Topliss-reactive ketones (excluding diaryl/α,β-unsaturated/α-hetero) is 1. The Morgan fingerprint density at radius 2 is 1.71 bits per heavy atom. The lowest BCUT2D eigenvalue weighted by Gasteiger charge is -2.35. The molecule has 1 fully saturated rings. The fourth-order valence-corrected chi connectivity index (χ4v) is 2.26. The van der Waals surface area contributed by atoms with E-state index in [9.17, 15) is 9.18 Å². The number of aliphatic carboxylic acids is 2. The smallest absolute Gasteiger partial charge is 0.414 e. The van der Waals surface area contributed by atoms with Gasteiger partial charge in [-0.1, -0.05) is 18.2 Å². The Morgan fingerprint density at radius 1 is 1.17 bits per heavy atom. The number of carbonyl (C=O) groups excluding carboxylic acids is 1. The molecule has 24 heavy (non-hydrogen) atoms. The van der Waals surface area contributed by atoms with E-state index < -0.39 is 17.5 Å². The van der Waals surface area contributed by atoms with Crippen molar-refractivity contribution >= 4 is 17.7 Å². The van der Waals surface area contributed by atoms with E-state index in [0.717, 1.165) is 13.1 Å². The van der Waals surface area contributed by atoms with Crippen molar-refractivity contribution < 1.29 is 33.7 Å². The summed E-state index contributed by atoms with van der Waals surface area (Å²) < 4.78 is 19.3. The molecule has 1 aliphatic rings. The number of benzene rings is 1. The lowest BCUT2D eigenvalue weighted by atomic mass is 9.88. The summed E-state index contributed by atoms with van der Waals surface area (Å²) in [5.41, 5.74) is -0.246. The van der Waals surface area contributed by atoms with Crippen LogP contribution < -0.4 is 5.32 Å². The molecule has 3 N–H and O–H groups in total. The second-order valence-corrected chi connectivity index (χ2v) is 5.29. The third kappa shape index (κ3) is 5.71. The van der Waals surface area contributed by atoms with Crippen LogP contribution in [-0.2, 0) is 25.7 Å². The molecule has 132 valence electrons. The van der Waals surface area contributed by atoms with Gasteiger partial charge in [0.25, 0.3) is 0 Å². The van der Waals surface area contributed by atoms with Gasteiger partial charge in [-0.25, -0.2) is 14.0 Å². The van der Waals surface area contributed by atoms with Crippen LogP contribution in [0.4, 0.5) is 4.39 Å². The van der Waals surface area contributed by atoms with Gasteiger partial charge >= 0.3 is 11.9 Å². The first kappa shape index (κ1) is 19.7. The van der Waals surface area contributed by atoms with E-state index in [1.54, 1.807) is 25.1 Å². The molecule has 0 radical (unpaired) electrons. The number of rotatable bonds is 4. The van der Waals surface area contributed by atoms with Gasteiger partial charge in [0.2, 0.25) is 0 Å². The molecule has 1 aromatic rings. The summed E-state index contributed by atoms with van der Waals surface area (Å²) in [5.74, 6) is -3.91. The minimum atomic E-state index is -1.82. The Hall–Kier alpha value is -2.32. The van der Waals surface area contributed by atoms with Gasteiger partial charge in [-0.2, -0.15) is 0 Å². The van der Waals surface area contributed by atoms with E-state index in [4.69, 9.17) is 24.5 Å². The van der Waals surface area contributed by atoms with Crippen molar-refractivity contribution in [3.63, 3.8) is 0 Å². The second kappa shape index (κ2) is 9.09. The lowest BCUT2D eigenvalue weighted by molar-refractivity contribution is -0.159. The number of hydrogen-bond donors (Lipinski definition) is 3. The number of piperidine rings is 1. The Bertz CT molecular complexity index is 586. The van der Waals surface area contributed by atoms with Gasteiger partial charge < -0.3 is 20.3 Å².